The van der Waals surface area contributed by atoms with E-state index in [4.69, 9.17) is 4.55 Å². The van der Waals surface area contributed by atoms with Gasteiger partial charge in [0.2, 0.25) is 0 Å². The number of rotatable bonds is 2. The number of benzene rings is 2. The third-order valence-electron chi connectivity index (χ3n) is 3.20. The van der Waals surface area contributed by atoms with Gasteiger partial charge in [-0.3, -0.25) is 14.4 Å². The van der Waals surface area contributed by atoms with Crippen LogP contribution in [0, 0.1) is 6.92 Å². The predicted molar refractivity (Wildman–Crippen MR) is 78.4 cm³/mol. The average molecular weight is 304 g/mol. The van der Waals surface area contributed by atoms with Gasteiger partial charge >= 0.3 is 0 Å². The second kappa shape index (κ2) is 4.57. The van der Waals surface area contributed by atoms with Gasteiger partial charge in [-0.15, -0.1) is 0 Å². The van der Waals surface area contributed by atoms with E-state index in [-0.39, 0.29) is 10.5 Å². The summed E-state index contributed by atoms with van der Waals surface area (Å²) < 4.78 is 32.7. The highest BCUT2D eigenvalue weighted by Crippen LogP contribution is 2.21. The number of aryl methyl sites for hydroxylation is 1. The van der Waals surface area contributed by atoms with Crippen LogP contribution in [0.15, 0.2) is 52.2 Å². The van der Waals surface area contributed by atoms with Crippen LogP contribution in [-0.2, 0) is 10.1 Å². The molecule has 108 valence electrons. The maximum absolute atomic E-state index is 11.8. The first-order chi connectivity index (χ1) is 9.84. The normalized spacial score (nSPS) is 11.9. The Morgan fingerprint density at radius 2 is 1.71 bits per heavy atom. The number of H-pyrrole nitrogens is 1. The fourth-order valence-electron chi connectivity index (χ4n) is 2.22. The van der Waals surface area contributed by atoms with Crippen LogP contribution in [0.4, 0.5) is 0 Å². The van der Waals surface area contributed by atoms with Crippen molar-refractivity contribution in [3.05, 3.63) is 58.5 Å². The zero-order valence-corrected chi connectivity index (χ0v) is 11.9. The highest BCUT2D eigenvalue weighted by Gasteiger charge is 2.10. The number of nitrogens with one attached hydrogen (secondary N) is 1. The molecule has 3 aromatic rings. The fraction of sp³-hybridized carbons (Fsp3) is 0.0714. The van der Waals surface area contributed by atoms with Crippen LogP contribution in [0.5, 0.6) is 0 Å². The summed E-state index contributed by atoms with van der Waals surface area (Å²) in [5.41, 5.74) is 1.24. The lowest BCUT2D eigenvalue weighted by atomic mass is 10.1. The lowest BCUT2D eigenvalue weighted by Gasteiger charge is -2.05. The second-order valence-corrected chi connectivity index (χ2v) is 6.20. The average Bonchev–Trinajstić information content (AvgIpc) is 2.75. The molecule has 0 aliphatic heterocycles. The Labute approximate surface area is 120 Å². The number of nitrogens with zero attached hydrogens (tertiary/aromatic N) is 1. The molecule has 3 rings (SSSR count). The maximum Gasteiger partial charge on any atom is 0.294 e. The Hall–Kier alpha value is -2.38. The molecule has 7 heteroatoms. The number of aromatic nitrogens is 2. The van der Waals surface area contributed by atoms with Crippen molar-refractivity contribution in [3.63, 3.8) is 0 Å². The summed E-state index contributed by atoms with van der Waals surface area (Å²) in [5.74, 6) is 0. The van der Waals surface area contributed by atoms with Crippen molar-refractivity contribution in [1.82, 2.24) is 9.78 Å². The molecular formula is C14H12N2O4S. The second-order valence-electron chi connectivity index (χ2n) is 4.78. The van der Waals surface area contributed by atoms with Crippen molar-refractivity contribution in [3.8, 4) is 5.69 Å². The van der Waals surface area contributed by atoms with Crippen molar-refractivity contribution in [2.24, 2.45) is 0 Å². The Bertz CT molecular complexity index is 999. The molecule has 0 amide bonds. The van der Waals surface area contributed by atoms with Crippen LogP contribution in [0.25, 0.3) is 16.5 Å². The van der Waals surface area contributed by atoms with E-state index in [1.165, 1.54) is 22.9 Å². The molecule has 1 aromatic heterocycles. The molecule has 21 heavy (non-hydrogen) atoms. The first-order valence-corrected chi connectivity index (χ1v) is 7.59. The third kappa shape index (κ3) is 2.48. The van der Waals surface area contributed by atoms with Crippen molar-refractivity contribution in [2.75, 3.05) is 0 Å². The maximum atomic E-state index is 11.8. The molecule has 0 atom stereocenters. The third-order valence-corrected chi connectivity index (χ3v) is 4.05. The lowest BCUT2D eigenvalue weighted by molar-refractivity contribution is 0.483. The van der Waals surface area contributed by atoms with Crippen LogP contribution < -0.4 is 5.56 Å². The van der Waals surface area contributed by atoms with Crippen molar-refractivity contribution < 1.29 is 13.0 Å². The van der Waals surface area contributed by atoms with Gasteiger partial charge in [0.1, 0.15) is 0 Å². The van der Waals surface area contributed by atoms with Gasteiger partial charge in [0.15, 0.2) is 0 Å². The van der Waals surface area contributed by atoms with Crippen LogP contribution in [0.3, 0.4) is 0 Å². The number of hydrogen-bond donors (Lipinski definition) is 2. The molecule has 0 aliphatic rings. The molecule has 6 nitrogen and oxygen atoms in total. The highest BCUT2D eigenvalue weighted by atomic mass is 32.2. The number of fused-ring (bicyclic) bond motifs is 1. The molecule has 0 saturated carbocycles. The van der Waals surface area contributed by atoms with E-state index in [1.807, 2.05) is 0 Å². The topological polar surface area (TPSA) is 92.2 Å². The summed E-state index contributed by atoms with van der Waals surface area (Å²) in [6.45, 7) is 1.79. The van der Waals surface area contributed by atoms with Crippen molar-refractivity contribution in [1.29, 1.82) is 0 Å². The monoisotopic (exact) mass is 304 g/mol. The fourth-order valence-corrected chi connectivity index (χ4v) is 2.73. The standard InChI is InChI=1S/C14H12N2O4S/c1-9-6-14(17)16(15-9)12-4-2-11-8-13(21(18,19)20)5-3-10(11)7-12/h2-8,15H,1H3,(H,18,19,20). The van der Waals surface area contributed by atoms with E-state index in [0.717, 1.165) is 11.1 Å². The smallest absolute Gasteiger partial charge is 0.294 e. The summed E-state index contributed by atoms with van der Waals surface area (Å²) in [7, 11) is -4.22. The number of hydrogen-bond acceptors (Lipinski definition) is 3. The Balaban J connectivity index is 2.18. The van der Waals surface area contributed by atoms with E-state index in [9.17, 15) is 13.2 Å². The minimum atomic E-state index is -4.22. The summed E-state index contributed by atoms with van der Waals surface area (Å²) >= 11 is 0. The minimum Gasteiger partial charge on any atom is -0.295 e. The first kappa shape index (κ1) is 13.6. The predicted octanol–water partition coefficient (Wildman–Crippen LogP) is 1.87. The zero-order valence-electron chi connectivity index (χ0n) is 11.1. The Morgan fingerprint density at radius 1 is 1.05 bits per heavy atom. The van der Waals surface area contributed by atoms with Gasteiger partial charge < -0.3 is 0 Å². The van der Waals surface area contributed by atoms with E-state index in [0.29, 0.717) is 11.1 Å². The minimum absolute atomic E-state index is 0.157. The molecule has 0 aliphatic carbocycles. The summed E-state index contributed by atoms with van der Waals surface area (Å²) in [5, 5.41) is 4.35. The van der Waals surface area contributed by atoms with E-state index < -0.39 is 10.1 Å². The molecule has 0 spiro atoms. The van der Waals surface area contributed by atoms with Gasteiger partial charge in [-0.1, -0.05) is 12.1 Å². The molecule has 0 fully saturated rings. The van der Waals surface area contributed by atoms with Crippen molar-refractivity contribution >= 4 is 20.9 Å². The summed E-state index contributed by atoms with van der Waals surface area (Å²) in [6, 6.07) is 11.0. The molecule has 1 heterocycles. The SMILES string of the molecule is Cc1cc(=O)n(-c2ccc3cc(S(=O)(=O)O)ccc3c2)[nH]1. The lowest BCUT2D eigenvalue weighted by Crippen LogP contribution is -2.13. The molecule has 2 aromatic carbocycles. The highest BCUT2D eigenvalue weighted by molar-refractivity contribution is 7.85. The summed E-state index contributed by atoms with van der Waals surface area (Å²) in [6.07, 6.45) is 0. The van der Waals surface area contributed by atoms with Gasteiger partial charge in [-0.25, -0.2) is 4.68 Å². The summed E-state index contributed by atoms with van der Waals surface area (Å²) in [4.78, 5) is 11.6. The van der Waals surface area contributed by atoms with Crippen LogP contribution >= 0.6 is 0 Å². The van der Waals surface area contributed by atoms with Gasteiger partial charge in [-0.2, -0.15) is 8.42 Å². The van der Waals surface area contributed by atoms with Gasteiger partial charge in [-0.05, 0) is 42.0 Å². The Morgan fingerprint density at radius 3 is 2.33 bits per heavy atom. The first-order valence-electron chi connectivity index (χ1n) is 6.15. The van der Waals surface area contributed by atoms with E-state index in [2.05, 4.69) is 5.10 Å². The van der Waals surface area contributed by atoms with Gasteiger partial charge in [0.05, 0.1) is 10.6 Å². The molecule has 0 saturated heterocycles. The Kier molecular flexibility index (Phi) is 2.96. The molecule has 0 bridgehead atoms. The molecular weight excluding hydrogens is 292 g/mol. The van der Waals surface area contributed by atoms with E-state index in [1.54, 1.807) is 31.2 Å². The van der Waals surface area contributed by atoms with Crippen LogP contribution in [-0.4, -0.2) is 22.8 Å². The van der Waals surface area contributed by atoms with Gasteiger partial charge in [0, 0.05) is 11.8 Å². The van der Waals surface area contributed by atoms with Crippen molar-refractivity contribution in [2.45, 2.75) is 11.8 Å². The molecule has 0 unspecified atom stereocenters. The van der Waals surface area contributed by atoms with Crippen LogP contribution in [0.2, 0.25) is 0 Å². The zero-order chi connectivity index (χ0) is 15.2. The molecule has 0 radical (unpaired) electrons. The van der Waals surface area contributed by atoms with Crippen LogP contribution in [0.1, 0.15) is 5.69 Å². The van der Waals surface area contributed by atoms with E-state index >= 15 is 0 Å². The van der Waals surface area contributed by atoms with Gasteiger partial charge in [0.25, 0.3) is 15.7 Å². The quantitative estimate of drug-likeness (QED) is 0.707. The number of aromatic amines is 1. The largest absolute Gasteiger partial charge is 0.295 e. The molecule has 2 N–H and O–H groups in total.